The summed E-state index contributed by atoms with van der Waals surface area (Å²) >= 11 is 1.44. The lowest BCUT2D eigenvalue weighted by Gasteiger charge is -2.11. The second kappa shape index (κ2) is 9.09. The van der Waals surface area contributed by atoms with Crippen molar-refractivity contribution in [1.29, 1.82) is 0 Å². The molecule has 0 aliphatic carbocycles. The second-order valence-electron chi connectivity index (χ2n) is 7.32. The number of ether oxygens (including phenoxy) is 1. The Kier molecular flexibility index (Phi) is 6.10. The molecule has 1 heterocycles. The third-order valence-electron chi connectivity index (χ3n) is 5.00. The summed E-state index contributed by atoms with van der Waals surface area (Å²) in [6.45, 7) is 4.58. The van der Waals surface area contributed by atoms with Crippen molar-refractivity contribution < 1.29 is 9.53 Å². The lowest BCUT2D eigenvalue weighted by molar-refractivity contribution is -0.116. The van der Waals surface area contributed by atoms with Gasteiger partial charge in [0, 0.05) is 17.4 Å². The summed E-state index contributed by atoms with van der Waals surface area (Å²) in [6, 6.07) is 20.6. The van der Waals surface area contributed by atoms with Crippen molar-refractivity contribution >= 4 is 33.1 Å². The molecule has 3 aromatic carbocycles. The molecule has 0 saturated heterocycles. The van der Waals surface area contributed by atoms with Crippen molar-refractivity contribution in [3.63, 3.8) is 0 Å². The van der Waals surface area contributed by atoms with Crippen LogP contribution in [0.25, 0.3) is 22.0 Å². The predicted octanol–water partition coefficient (Wildman–Crippen LogP) is 6.38. The van der Waals surface area contributed by atoms with E-state index in [1.165, 1.54) is 22.1 Å². The highest BCUT2D eigenvalue weighted by Gasteiger charge is 2.09. The Hall–Kier alpha value is -3.18. The van der Waals surface area contributed by atoms with E-state index in [-0.39, 0.29) is 5.91 Å². The number of para-hydroxylation sites is 1. The number of carbonyl (C=O) groups excluding carboxylic acids is 1. The van der Waals surface area contributed by atoms with E-state index in [4.69, 9.17) is 4.74 Å². The summed E-state index contributed by atoms with van der Waals surface area (Å²) in [5.74, 6) is 0.873. The Bertz CT molecular complexity index is 1160. The maximum Gasteiger partial charge on any atom is 0.226 e. The van der Waals surface area contributed by atoms with Crippen molar-refractivity contribution in [1.82, 2.24) is 4.98 Å². The minimum absolute atomic E-state index is 0.0421. The zero-order chi connectivity index (χ0) is 20.9. The molecule has 30 heavy (non-hydrogen) atoms. The number of aromatic nitrogens is 1. The molecule has 4 nitrogen and oxygen atoms in total. The molecule has 5 heteroatoms. The Labute approximate surface area is 180 Å². The molecular weight excluding hydrogens is 392 g/mol. The maximum absolute atomic E-state index is 12.3. The van der Waals surface area contributed by atoms with Crippen LogP contribution < -0.4 is 10.1 Å². The number of thiazole rings is 1. The minimum Gasteiger partial charge on any atom is -0.493 e. The first-order valence-electron chi connectivity index (χ1n) is 10.0. The summed E-state index contributed by atoms with van der Waals surface area (Å²) in [6.07, 6.45) is 1.05. The van der Waals surface area contributed by atoms with Crippen molar-refractivity contribution in [3.8, 4) is 17.0 Å². The van der Waals surface area contributed by atoms with Crippen LogP contribution in [0.15, 0.2) is 66.0 Å². The molecule has 0 bridgehead atoms. The van der Waals surface area contributed by atoms with Gasteiger partial charge in [0.05, 0.1) is 12.3 Å². The van der Waals surface area contributed by atoms with E-state index < -0.39 is 0 Å². The molecule has 1 amide bonds. The Morgan fingerprint density at radius 3 is 2.57 bits per heavy atom. The van der Waals surface area contributed by atoms with Gasteiger partial charge in [0.15, 0.2) is 5.13 Å². The topological polar surface area (TPSA) is 51.2 Å². The van der Waals surface area contributed by atoms with E-state index in [1.54, 1.807) is 0 Å². The normalized spacial score (nSPS) is 10.9. The van der Waals surface area contributed by atoms with Gasteiger partial charge in [-0.3, -0.25) is 4.79 Å². The number of nitrogens with one attached hydrogen (secondary N) is 1. The van der Waals surface area contributed by atoms with Crippen LogP contribution in [0, 0.1) is 13.8 Å². The molecule has 4 aromatic rings. The summed E-state index contributed by atoms with van der Waals surface area (Å²) in [5.41, 5.74) is 4.15. The molecule has 0 aliphatic rings. The molecule has 0 fully saturated rings. The van der Waals surface area contributed by atoms with Crippen LogP contribution in [0.1, 0.15) is 24.0 Å². The van der Waals surface area contributed by atoms with Crippen molar-refractivity contribution in [2.45, 2.75) is 26.7 Å². The van der Waals surface area contributed by atoms with Crippen LogP contribution in [0.5, 0.6) is 5.75 Å². The fourth-order valence-corrected chi connectivity index (χ4v) is 4.16. The molecule has 1 N–H and O–H groups in total. The van der Waals surface area contributed by atoms with Gasteiger partial charge in [-0.05, 0) is 48.2 Å². The maximum atomic E-state index is 12.3. The van der Waals surface area contributed by atoms with Gasteiger partial charge < -0.3 is 10.1 Å². The molecule has 0 spiro atoms. The molecule has 4 rings (SSSR count). The van der Waals surface area contributed by atoms with Crippen LogP contribution in [0.4, 0.5) is 5.13 Å². The molecule has 0 aliphatic heterocycles. The summed E-state index contributed by atoms with van der Waals surface area (Å²) < 4.78 is 5.87. The van der Waals surface area contributed by atoms with Gasteiger partial charge in [-0.15, -0.1) is 11.3 Å². The number of nitrogens with zero attached hydrogens (tertiary/aromatic N) is 1. The number of anilines is 1. The highest BCUT2D eigenvalue weighted by atomic mass is 32.1. The standard InChI is InChI=1S/C25H24N2O2S/c1-17-7-5-8-18(2)24(17)29-14-6-11-23(28)27-25-26-22(16-30-25)21-13-12-19-9-3-4-10-20(19)15-21/h3-5,7-10,12-13,15-16H,6,11,14H2,1-2H3,(H,26,27,28). The van der Waals surface area contributed by atoms with Gasteiger partial charge >= 0.3 is 0 Å². The molecule has 0 saturated carbocycles. The lowest BCUT2D eigenvalue weighted by atomic mass is 10.1. The smallest absolute Gasteiger partial charge is 0.226 e. The van der Waals surface area contributed by atoms with Crippen LogP contribution in [0.3, 0.4) is 0 Å². The molecule has 1 aromatic heterocycles. The second-order valence-corrected chi connectivity index (χ2v) is 8.18. The van der Waals surface area contributed by atoms with E-state index in [1.807, 2.05) is 49.6 Å². The van der Waals surface area contributed by atoms with Gasteiger partial charge in [0.25, 0.3) is 0 Å². The van der Waals surface area contributed by atoms with Crippen molar-refractivity contribution in [2.24, 2.45) is 0 Å². The number of amides is 1. The average molecular weight is 417 g/mol. The number of hydrogen-bond acceptors (Lipinski definition) is 4. The number of benzene rings is 3. The third kappa shape index (κ3) is 4.69. The van der Waals surface area contributed by atoms with Gasteiger partial charge in [-0.25, -0.2) is 4.98 Å². The monoisotopic (exact) mass is 416 g/mol. The molecule has 152 valence electrons. The third-order valence-corrected chi connectivity index (χ3v) is 5.76. The fourth-order valence-electron chi connectivity index (χ4n) is 3.43. The van der Waals surface area contributed by atoms with E-state index >= 15 is 0 Å². The van der Waals surface area contributed by atoms with Gasteiger partial charge in [0.1, 0.15) is 5.75 Å². The first kappa shape index (κ1) is 20.1. The van der Waals surface area contributed by atoms with Gasteiger partial charge in [-0.2, -0.15) is 0 Å². The lowest BCUT2D eigenvalue weighted by Crippen LogP contribution is -2.13. The van der Waals surface area contributed by atoms with Crippen LogP contribution in [0.2, 0.25) is 0 Å². The molecule has 0 radical (unpaired) electrons. The summed E-state index contributed by atoms with van der Waals surface area (Å²) in [7, 11) is 0. The quantitative estimate of drug-likeness (QED) is 0.356. The summed E-state index contributed by atoms with van der Waals surface area (Å²) in [4.78, 5) is 16.9. The Morgan fingerprint density at radius 1 is 1.00 bits per heavy atom. The van der Waals surface area contributed by atoms with E-state index in [9.17, 15) is 4.79 Å². The zero-order valence-electron chi connectivity index (χ0n) is 17.1. The summed E-state index contributed by atoms with van der Waals surface area (Å²) in [5, 5.41) is 7.88. The minimum atomic E-state index is -0.0421. The Morgan fingerprint density at radius 2 is 1.77 bits per heavy atom. The SMILES string of the molecule is Cc1cccc(C)c1OCCCC(=O)Nc1nc(-c2ccc3ccccc3c2)cs1. The van der Waals surface area contributed by atoms with E-state index in [2.05, 4.69) is 40.6 Å². The number of hydrogen-bond donors (Lipinski definition) is 1. The first-order chi connectivity index (χ1) is 14.6. The number of aryl methyl sites for hydroxylation is 2. The Balaban J connectivity index is 1.30. The van der Waals surface area contributed by atoms with Crippen LogP contribution in [-0.2, 0) is 4.79 Å². The fraction of sp³-hybridized carbons (Fsp3) is 0.200. The molecule has 0 atom stereocenters. The number of carbonyl (C=O) groups is 1. The van der Waals surface area contributed by atoms with Gasteiger partial charge in [0.2, 0.25) is 5.91 Å². The van der Waals surface area contributed by atoms with E-state index in [0.717, 1.165) is 28.1 Å². The molecular formula is C25H24N2O2S. The highest BCUT2D eigenvalue weighted by Crippen LogP contribution is 2.28. The first-order valence-corrected chi connectivity index (χ1v) is 10.9. The predicted molar refractivity (Wildman–Crippen MR) is 124 cm³/mol. The molecule has 0 unspecified atom stereocenters. The van der Waals surface area contributed by atoms with Crippen molar-refractivity contribution in [3.05, 3.63) is 77.2 Å². The largest absolute Gasteiger partial charge is 0.493 e. The van der Waals surface area contributed by atoms with Crippen LogP contribution >= 0.6 is 11.3 Å². The average Bonchev–Trinajstić information content (AvgIpc) is 3.21. The van der Waals surface area contributed by atoms with Crippen LogP contribution in [-0.4, -0.2) is 17.5 Å². The number of rotatable bonds is 7. The van der Waals surface area contributed by atoms with Crippen molar-refractivity contribution in [2.75, 3.05) is 11.9 Å². The number of fused-ring (bicyclic) bond motifs is 1. The zero-order valence-corrected chi connectivity index (χ0v) is 18.0. The highest BCUT2D eigenvalue weighted by molar-refractivity contribution is 7.14. The van der Waals surface area contributed by atoms with Gasteiger partial charge in [-0.1, -0.05) is 54.6 Å². The van der Waals surface area contributed by atoms with E-state index in [0.29, 0.717) is 24.6 Å².